The van der Waals surface area contributed by atoms with Gasteiger partial charge in [-0.2, -0.15) is 0 Å². The molecule has 0 fully saturated rings. The van der Waals surface area contributed by atoms with Gasteiger partial charge in [-0.3, -0.25) is 4.79 Å². The highest BCUT2D eigenvalue weighted by Crippen LogP contribution is 2.10. The minimum Gasteiger partial charge on any atom is -0.384 e. The molecule has 0 radical (unpaired) electrons. The third kappa shape index (κ3) is 3.98. The molecule has 0 bridgehead atoms. The van der Waals surface area contributed by atoms with Crippen molar-refractivity contribution in [3.8, 4) is 0 Å². The highest BCUT2D eigenvalue weighted by molar-refractivity contribution is 5.94. The van der Waals surface area contributed by atoms with Crippen LogP contribution in [-0.2, 0) is 4.79 Å². The van der Waals surface area contributed by atoms with Crippen LogP contribution < -0.4 is 5.32 Å². The Bertz CT molecular complexity index is 341. The van der Waals surface area contributed by atoms with Gasteiger partial charge in [-0.15, -0.1) is 0 Å². The normalized spacial score (nSPS) is 11.2. The molecule has 0 amide bonds. The lowest BCUT2D eigenvalue weighted by molar-refractivity contribution is -0.112. The number of rotatable bonds is 5. The molecule has 0 atom stereocenters. The van der Waals surface area contributed by atoms with E-state index in [0.717, 1.165) is 24.2 Å². The standard InChI is InChI=1S/C13H17NO/c1-3-9-14-13(10-11(2)15)12-7-5-4-6-8-12/h4-8,10,14H,3,9H2,1-2H3/b13-10-. The Morgan fingerprint density at radius 3 is 2.53 bits per heavy atom. The Balaban J connectivity index is 2.86. The van der Waals surface area contributed by atoms with E-state index in [9.17, 15) is 4.79 Å². The molecular weight excluding hydrogens is 186 g/mol. The lowest BCUT2D eigenvalue weighted by atomic mass is 10.1. The zero-order valence-electron chi connectivity index (χ0n) is 9.29. The second-order valence-electron chi connectivity index (χ2n) is 3.46. The van der Waals surface area contributed by atoms with Crippen LogP contribution in [0.15, 0.2) is 36.4 Å². The van der Waals surface area contributed by atoms with Crippen LogP contribution in [0.25, 0.3) is 5.70 Å². The molecule has 80 valence electrons. The molecule has 1 aromatic carbocycles. The molecule has 0 saturated carbocycles. The minimum atomic E-state index is 0.0671. The van der Waals surface area contributed by atoms with Gasteiger partial charge in [0.25, 0.3) is 0 Å². The molecule has 0 unspecified atom stereocenters. The van der Waals surface area contributed by atoms with Crippen LogP contribution in [-0.4, -0.2) is 12.3 Å². The quantitative estimate of drug-likeness (QED) is 0.745. The monoisotopic (exact) mass is 203 g/mol. The maximum Gasteiger partial charge on any atom is 0.154 e. The van der Waals surface area contributed by atoms with Gasteiger partial charge in [0.05, 0.1) is 0 Å². The summed E-state index contributed by atoms with van der Waals surface area (Å²) in [6.45, 7) is 4.55. The number of allylic oxidation sites excluding steroid dienone is 1. The highest BCUT2D eigenvalue weighted by Gasteiger charge is 2.00. The lowest BCUT2D eigenvalue weighted by Crippen LogP contribution is -2.13. The molecule has 0 heterocycles. The van der Waals surface area contributed by atoms with E-state index in [1.54, 1.807) is 13.0 Å². The Morgan fingerprint density at radius 2 is 2.00 bits per heavy atom. The van der Waals surface area contributed by atoms with Crippen LogP contribution >= 0.6 is 0 Å². The van der Waals surface area contributed by atoms with Gasteiger partial charge in [0.2, 0.25) is 0 Å². The van der Waals surface area contributed by atoms with Gasteiger partial charge in [-0.1, -0.05) is 37.3 Å². The average Bonchev–Trinajstić information content (AvgIpc) is 2.25. The van der Waals surface area contributed by atoms with E-state index in [1.807, 2.05) is 30.3 Å². The molecule has 2 nitrogen and oxygen atoms in total. The van der Waals surface area contributed by atoms with E-state index in [-0.39, 0.29) is 5.78 Å². The van der Waals surface area contributed by atoms with Crippen molar-refractivity contribution in [1.29, 1.82) is 0 Å². The second-order valence-corrected chi connectivity index (χ2v) is 3.46. The van der Waals surface area contributed by atoms with E-state index >= 15 is 0 Å². The first-order valence-corrected chi connectivity index (χ1v) is 5.25. The van der Waals surface area contributed by atoms with E-state index in [0.29, 0.717) is 0 Å². The zero-order chi connectivity index (χ0) is 11.1. The Kier molecular flexibility index (Phi) is 4.61. The Labute approximate surface area is 91.0 Å². The highest BCUT2D eigenvalue weighted by atomic mass is 16.1. The van der Waals surface area contributed by atoms with Crippen LogP contribution in [0.5, 0.6) is 0 Å². The predicted octanol–water partition coefficient (Wildman–Crippen LogP) is 2.62. The van der Waals surface area contributed by atoms with Crippen molar-refractivity contribution < 1.29 is 4.79 Å². The van der Waals surface area contributed by atoms with Gasteiger partial charge in [0.1, 0.15) is 0 Å². The van der Waals surface area contributed by atoms with Crippen LogP contribution in [0.4, 0.5) is 0 Å². The van der Waals surface area contributed by atoms with Crippen molar-refractivity contribution in [2.75, 3.05) is 6.54 Å². The third-order valence-corrected chi connectivity index (χ3v) is 2.00. The Morgan fingerprint density at radius 1 is 1.33 bits per heavy atom. The van der Waals surface area contributed by atoms with Crippen LogP contribution in [0, 0.1) is 0 Å². The van der Waals surface area contributed by atoms with E-state index < -0.39 is 0 Å². The fourth-order valence-electron chi connectivity index (χ4n) is 1.32. The predicted molar refractivity (Wildman–Crippen MR) is 63.4 cm³/mol. The summed E-state index contributed by atoms with van der Waals surface area (Å²) < 4.78 is 0. The smallest absolute Gasteiger partial charge is 0.154 e. The van der Waals surface area contributed by atoms with Gasteiger partial charge in [0, 0.05) is 18.3 Å². The van der Waals surface area contributed by atoms with Crippen LogP contribution in [0.1, 0.15) is 25.8 Å². The molecule has 15 heavy (non-hydrogen) atoms. The molecule has 0 aromatic heterocycles. The summed E-state index contributed by atoms with van der Waals surface area (Å²) in [4.78, 5) is 11.1. The van der Waals surface area contributed by atoms with Gasteiger partial charge < -0.3 is 5.32 Å². The largest absolute Gasteiger partial charge is 0.384 e. The first kappa shape index (κ1) is 11.5. The van der Waals surface area contributed by atoms with Gasteiger partial charge in [0.15, 0.2) is 5.78 Å². The van der Waals surface area contributed by atoms with Crippen LogP contribution in [0.2, 0.25) is 0 Å². The zero-order valence-corrected chi connectivity index (χ0v) is 9.29. The molecule has 0 aliphatic heterocycles. The number of nitrogens with one attached hydrogen (secondary N) is 1. The average molecular weight is 203 g/mol. The Hall–Kier alpha value is -1.57. The first-order chi connectivity index (χ1) is 7.24. The van der Waals surface area contributed by atoms with Crippen molar-refractivity contribution in [3.63, 3.8) is 0 Å². The number of carbonyl (C=O) groups is 1. The van der Waals surface area contributed by atoms with Crippen molar-refractivity contribution >= 4 is 11.5 Å². The molecule has 0 spiro atoms. The fraction of sp³-hybridized carbons (Fsp3) is 0.308. The van der Waals surface area contributed by atoms with Crippen LogP contribution in [0.3, 0.4) is 0 Å². The fourth-order valence-corrected chi connectivity index (χ4v) is 1.32. The van der Waals surface area contributed by atoms with E-state index in [4.69, 9.17) is 0 Å². The number of benzene rings is 1. The summed E-state index contributed by atoms with van der Waals surface area (Å²) in [5.74, 6) is 0.0671. The molecular formula is C13H17NO. The summed E-state index contributed by atoms with van der Waals surface area (Å²) in [5.41, 5.74) is 1.96. The van der Waals surface area contributed by atoms with Gasteiger partial charge in [-0.25, -0.2) is 0 Å². The van der Waals surface area contributed by atoms with E-state index in [1.165, 1.54) is 0 Å². The number of ketones is 1. The summed E-state index contributed by atoms with van der Waals surface area (Å²) in [7, 11) is 0. The summed E-state index contributed by atoms with van der Waals surface area (Å²) in [6, 6.07) is 9.90. The number of carbonyl (C=O) groups excluding carboxylic acids is 1. The third-order valence-electron chi connectivity index (χ3n) is 2.00. The van der Waals surface area contributed by atoms with Gasteiger partial charge >= 0.3 is 0 Å². The van der Waals surface area contributed by atoms with Crippen molar-refractivity contribution in [1.82, 2.24) is 5.32 Å². The summed E-state index contributed by atoms with van der Waals surface area (Å²) in [6.07, 6.45) is 2.69. The maximum atomic E-state index is 11.1. The second kappa shape index (κ2) is 6.02. The number of hydrogen-bond acceptors (Lipinski definition) is 2. The minimum absolute atomic E-state index is 0.0671. The van der Waals surface area contributed by atoms with Crippen molar-refractivity contribution in [3.05, 3.63) is 42.0 Å². The topological polar surface area (TPSA) is 29.1 Å². The molecule has 1 aromatic rings. The molecule has 2 heteroatoms. The van der Waals surface area contributed by atoms with Gasteiger partial charge in [-0.05, 0) is 18.9 Å². The van der Waals surface area contributed by atoms with Crippen molar-refractivity contribution in [2.24, 2.45) is 0 Å². The van der Waals surface area contributed by atoms with Crippen molar-refractivity contribution in [2.45, 2.75) is 20.3 Å². The SMILES string of the molecule is CCCN/C(=C\C(C)=O)c1ccccc1. The molecule has 1 N–H and O–H groups in total. The number of hydrogen-bond donors (Lipinski definition) is 1. The maximum absolute atomic E-state index is 11.1. The molecule has 0 aliphatic rings. The molecule has 1 rings (SSSR count). The summed E-state index contributed by atoms with van der Waals surface area (Å²) >= 11 is 0. The first-order valence-electron chi connectivity index (χ1n) is 5.25. The molecule has 0 aliphatic carbocycles. The lowest BCUT2D eigenvalue weighted by Gasteiger charge is -2.09. The molecule has 0 saturated heterocycles. The summed E-state index contributed by atoms with van der Waals surface area (Å²) in [5, 5.41) is 3.26. The van der Waals surface area contributed by atoms with E-state index in [2.05, 4.69) is 12.2 Å².